The van der Waals surface area contributed by atoms with Crippen molar-refractivity contribution in [2.75, 3.05) is 6.54 Å². The van der Waals surface area contributed by atoms with Crippen LogP contribution in [0.1, 0.15) is 13.8 Å². The van der Waals surface area contributed by atoms with Crippen LogP contribution in [0.5, 0.6) is 0 Å². The van der Waals surface area contributed by atoms with Crippen LogP contribution in [0, 0.1) is 26.9 Å². The third-order valence-electron chi connectivity index (χ3n) is 2.35. The molecule has 0 radical (unpaired) electrons. The lowest BCUT2D eigenvalue weighted by atomic mass is 9.97. The maximum Gasteiger partial charge on any atom is 0.270 e. The third-order valence-corrected chi connectivity index (χ3v) is 3.74. The highest BCUT2D eigenvalue weighted by molar-refractivity contribution is 7.89. The molecule has 0 aliphatic rings. The number of nitriles is 1. The van der Waals surface area contributed by atoms with E-state index in [9.17, 15) is 18.5 Å². The van der Waals surface area contributed by atoms with E-state index in [-0.39, 0.29) is 17.1 Å². The number of hydrogen-bond acceptors (Lipinski definition) is 5. The SMILES string of the molecule is CC(C)(C#N)CNS(=O)(=O)c1cccc([N+](=O)[O-])c1. The van der Waals surface area contributed by atoms with Gasteiger partial charge in [0.2, 0.25) is 10.0 Å². The first kappa shape index (κ1) is 15.1. The average Bonchev–Trinajstić information content (AvgIpc) is 2.37. The summed E-state index contributed by atoms with van der Waals surface area (Å²) in [6.45, 7) is 3.10. The Morgan fingerprint density at radius 3 is 2.63 bits per heavy atom. The van der Waals surface area contributed by atoms with Gasteiger partial charge in [0.25, 0.3) is 5.69 Å². The van der Waals surface area contributed by atoms with E-state index in [1.165, 1.54) is 18.2 Å². The first-order valence-corrected chi connectivity index (χ1v) is 6.82. The van der Waals surface area contributed by atoms with Crippen LogP contribution in [0.4, 0.5) is 5.69 Å². The van der Waals surface area contributed by atoms with Gasteiger partial charge in [0.1, 0.15) is 0 Å². The minimum absolute atomic E-state index is 0.0749. The first-order chi connectivity index (χ1) is 8.68. The Bertz CT molecular complexity index is 632. The molecule has 0 unspecified atom stereocenters. The fourth-order valence-electron chi connectivity index (χ4n) is 1.16. The van der Waals surface area contributed by atoms with E-state index in [0.29, 0.717) is 0 Å². The van der Waals surface area contributed by atoms with Gasteiger partial charge < -0.3 is 0 Å². The van der Waals surface area contributed by atoms with Gasteiger partial charge in [-0.05, 0) is 19.9 Å². The van der Waals surface area contributed by atoms with Gasteiger partial charge in [0.15, 0.2) is 0 Å². The minimum atomic E-state index is -3.87. The standard InChI is InChI=1S/C11H13N3O4S/c1-11(2,7-12)8-13-19(17,18)10-5-3-4-9(6-10)14(15)16/h3-6,13H,8H2,1-2H3. The fourth-order valence-corrected chi connectivity index (χ4v) is 2.41. The number of sulfonamides is 1. The number of hydrogen-bond donors (Lipinski definition) is 1. The summed E-state index contributed by atoms with van der Waals surface area (Å²) < 4.78 is 26.1. The van der Waals surface area contributed by atoms with Gasteiger partial charge in [-0.15, -0.1) is 0 Å². The second-order valence-electron chi connectivity index (χ2n) is 4.57. The molecule has 0 saturated carbocycles. The summed E-state index contributed by atoms with van der Waals surface area (Å²) in [5, 5.41) is 19.4. The molecular weight excluding hydrogens is 270 g/mol. The molecule has 8 heteroatoms. The maximum atomic E-state index is 11.9. The van der Waals surface area contributed by atoms with Gasteiger partial charge >= 0.3 is 0 Å². The largest absolute Gasteiger partial charge is 0.270 e. The van der Waals surface area contributed by atoms with Crippen LogP contribution in [0.3, 0.4) is 0 Å². The van der Waals surface area contributed by atoms with Crippen LogP contribution in [0.25, 0.3) is 0 Å². The van der Waals surface area contributed by atoms with Crippen LogP contribution in [0.2, 0.25) is 0 Å². The summed E-state index contributed by atoms with van der Waals surface area (Å²) in [4.78, 5) is 9.72. The van der Waals surface area contributed by atoms with Crippen LogP contribution >= 0.6 is 0 Å². The number of nitrogens with one attached hydrogen (secondary N) is 1. The van der Waals surface area contributed by atoms with E-state index in [0.717, 1.165) is 6.07 Å². The molecule has 0 aliphatic carbocycles. The number of rotatable bonds is 5. The highest BCUT2D eigenvalue weighted by Crippen LogP contribution is 2.18. The van der Waals surface area contributed by atoms with E-state index in [2.05, 4.69) is 4.72 Å². The monoisotopic (exact) mass is 283 g/mol. The molecule has 0 saturated heterocycles. The molecule has 0 aliphatic heterocycles. The summed E-state index contributed by atoms with van der Waals surface area (Å²) >= 11 is 0. The second-order valence-corrected chi connectivity index (χ2v) is 6.34. The Hall–Kier alpha value is -1.98. The molecule has 0 bridgehead atoms. The number of nitrogens with zero attached hydrogens (tertiary/aromatic N) is 2. The maximum absolute atomic E-state index is 11.9. The molecule has 1 N–H and O–H groups in total. The van der Waals surface area contributed by atoms with Gasteiger partial charge in [-0.25, -0.2) is 13.1 Å². The lowest BCUT2D eigenvalue weighted by molar-refractivity contribution is -0.385. The van der Waals surface area contributed by atoms with Crippen molar-refractivity contribution in [3.05, 3.63) is 34.4 Å². The zero-order valence-corrected chi connectivity index (χ0v) is 11.3. The fraction of sp³-hybridized carbons (Fsp3) is 0.364. The molecule has 1 aromatic carbocycles. The molecule has 0 heterocycles. The molecule has 0 spiro atoms. The molecule has 19 heavy (non-hydrogen) atoms. The molecule has 102 valence electrons. The predicted octanol–water partition coefficient (Wildman–Crippen LogP) is 1.42. The Morgan fingerprint density at radius 1 is 1.47 bits per heavy atom. The predicted molar refractivity (Wildman–Crippen MR) is 67.7 cm³/mol. The van der Waals surface area contributed by atoms with Crippen LogP contribution in [-0.2, 0) is 10.0 Å². The molecule has 0 aromatic heterocycles. The van der Waals surface area contributed by atoms with Crippen LogP contribution < -0.4 is 4.72 Å². The van der Waals surface area contributed by atoms with Crippen molar-refractivity contribution >= 4 is 15.7 Å². The average molecular weight is 283 g/mol. The topological polar surface area (TPSA) is 113 Å². The summed E-state index contributed by atoms with van der Waals surface area (Å²) in [5.41, 5.74) is -1.16. The van der Waals surface area contributed by atoms with Crippen molar-refractivity contribution in [3.63, 3.8) is 0 Å². The van der Waals surface area contributed by atoms with Crippen molar-refractivity contribution in [2.24, 2.45) is 5.41 Å². The van der Waals surface area contributed by atoms with Crippen molar-refractivity contribution < 1.29 is 13.3 Å². The number of non-ortho nitro benzene ring substituents is 1. The van der Waals surface area contributed by atoms with Crippen molar-refractivity contribution in [3.8, 4) is 6.07 Å². The molecule has 0 amide bonds. The van der Waals surface area contributed by atoms with Crippen molar-refractivity contribution in [1.82, 2.24) is 4.72 Å². The summed E-state index contributed by atoms with van der Waals surface area (Å²) in [7, 11) is -3.87. The van der Waals surface area contributed by atoms with Crippen molar-refractivity contribution in [1.29, 1.82) is 5.26 Å². The normalized spacial score (nSPS) is 11.8. The van der Waals surface area contributed by atoms with E-state index >= 15 is 0 Å². The van der Waals surface area contributed by atoms with Crippen LogP contribution in [0.15, 0.2) is 29.2 Å². The van der Waals surface area contributed by atoms with Gasteiger partial charge in [-0.2, -0.15) is 5.26 Å². The molecule has 1 aromatic rings. The quantitative estimate of drug-likeness (QED) is 0.648. The Labute approximate surface area is 111 Å². The summed E-state index contributed by atoms with van der Waals surface area (Å²) in [6.07, 6.45) is 0. The van der Waals surface area contributed by atoms with E-state index in [1.807, 2.05) is 6.07 Å². The summed E-state index contributed by atoms with van der Waals surface area (Å²) in [5.74, 6) is 0. The minimum Gasteiger partial charge on any atom is -0.258 e. The highest BCUT2D eigenvalue weighted by atomic mass is 32.2. The molecule has 0 fully saturated rings. The van der Waals surface area contributed by atoms with Gasteiger partial charge in [0, 0.05) is 18.7 Å². The molecule has 7 nitrogen and oxygen atoms in total. The number of benzene rings is 1. The third kappa shape index (κ3) is 4.01. The van der Waals surface area contributed by atoms with E-state index in [4.69, 9.17) is 5.26 Å². The highest BCUT2D eigenvalue weighted by Gasteiger charge is 2.23. The van der Waals surface area contributed by atoms with Crippen LogP contribution in [-0.4, -0.2) is 19.9 Å². The zero-order valence-electron chi connectivity index (χ0n) is 10.5. The Balaban J connectivity index is 2.99. The van der Waals surface area contributed by atoms with E-state index < -0.39 is 20.4 Å². The molecule has 0 atom stereocenters. The molecular formula is C11H13N3O4S. The zero-order chi connectivity index (χ0) is 14.7. The van der Waals surface area contributed by atoms with E-state index in [1.54, 1.807) is 13.8 Å². The summed E-state index contributed by atoms with van der Waals surface area (Å²) in [6, 6.07) is 6.69. The molecule has 1 rings (SSSR count). The van der Waals surface area contributed by atoms with Gasteiger partial charge in [-0.3, -0.25) is 10.1 Å². The Kier molecular flexibility index (Phi) is 4.24. The Morgan fingerprint density at radius 2 is 2.11 bits per heavy atom. The first-order valence-electron chi connectivity index (χ1n) is 5.33. The van der Waals surface area contributed by atoms with Crippen molar-refractivity contribution in [2.45, 2.75) is 18.7 Å². The lowest BCUT2D eigenvalue weighted by Crippen LogP contribution is -2.33. The smallest absolute Gasteiger partial charge is 0.258 e. The van der Waals surface area contributed by atoms with Gasteiger partial charge in [-0.1, -0.05) is 6.07 Å². The number of nitro benzene ring substituents is 1. The lowest BCUT2D eigenvalue weighted by Gasteiger charge is -2.15. The number of nitro groups is 1. The van der Waals surface area contributed by atoms with Gasteiger partial charge in [0.05, 0.1) is 21.3 Å². The second kappa shape index (κ2) is 5.34.